The second kappa shape index (κ2) is 8.73. The van der Waals surface area contributed by atoms with Crippen molar-refractivity contribution in [1.29, 1.82) is 0 Å². The van der Waals surface area contributed by atoms with Gasteiger partial charge in [-0.25, -0.2) is 16.8 Å². The second-order valence-corrected chi connectivity index (χ2v) is 7.50. The number of aromatic hydroxyl groups is 2. The van der Waals surface area contributed by atoms with E-state index in [-0.39, 0.29) is 40.8 Å². The first kappa shape index (κ1) is 23.5. The van der Waals surface area contributed by atoms with Crippen LogP contribution < -0.4 is 0 Å². The van der Waals surface area contributed by atoms with Gasteiger partial charge in [-0.3, -0.25) is 0 Å². The Kier molecular flexibility index (Phi) is 8.20. The Labute approximate surface area is 158 Å². The van der Waals surface area contributed by atoms with Crippen LogP contribution in [0.5, 0.6) is 11.5 Å². The normalized spacial score (nSPS) is 11.0. The third-order valence-electron chi connectivity index (χ3n) is 2.88. The molecule has 0 unspecified atom stereocenters. The van der Waals surface area contributed by atoms with Crippen molar-refractivity contribution in [3.05, 3.63) is 47.5 Å². The predicted molar refractivity (Wildman–Crippen MR) is 81.6 cm³/mol. The summed E-state index contributed by atoms with van der Waals surface area (Å²) in [4.78, 5) is -0.745. The fraction of sp³-hybridized carbons (Fsp3) is 0.143. The average Bonchev–Trinajstić information content (AvgIpc) is 2.42. The molecule has 0 heterocycles. The van der Waals surface area contributed by atoms with Crippen LogP contribution in [0.2, 0.25) is 0 Å². The van der Waals surface area contributed by atoms with E-state index in [4.69, 9.17) is 10.2 Å². The molecule has 11 heteroatoms. The maximum atomic E-state index is 10.5. The van der Waals surface area contributed by atoms with Gasteiger partial charge in [-0.15, -0.1) is 0 Å². The third-order valence-corrected chi connectivity index (χ3v) is 4.84. The van der Waals surface area contributed by atoms with Gasteiger partial charge in [0.05, 0.1) is 9.79 Å². The first-order chi connectivity index (χ1) is 10.8. The molecular weight excluding hydrogens is 426 g/mol. The maximum Gasteiger partial charge on any atom is 2.00 e. The van der Waals surface area contributed by atoms with Gasteiger partial charge in [0, 0.05) is 0 Å². The number of phenols is 2. The molecule has 0 bridgehead atoms. The van der Waals surface area contributed by atoms with Crippen LogP contribution in [-0.4, -0.2) is 36.2 Å². The quantitative estimate of drug-likeness (QED) is 0.522. The number of rotatable bonds is 2. The first-order valence-electron chi connectivity index (χ1n) is 6.33. The SMILES string of the molecule is Cc1ccc(O)cc1S(=O)(=O)[O-].Cc1ccc(O)cc1S(=O)(=O)[O-].[Zn+2]. The number of benzene rings is 2. The van der Waals surface area contributed by atoms with E-state index < -0.39 is 20.2 Å². The standard InChI is InChI=1S/2C7H8O4S.Zn/c2*1-5-2-3-6(8)4-7(5)12(9,10)11;/h2*2-4,8H,1H3,(H,9,10,11);/q;;+2/p-2. The summed E-state index contributed by atoms with van der Waals surface area (Å²) in [6.45, 7) is 2.98. The van der Waals surface area contributed by atoms with Gasteiger partial charge in [0.15, 0.2) is 0 Å². The largest absolute Gasteiger partial charge is 2.00 e. The van der Waals surface area contributed by atoms with Gasteiger partial charge in [0.2, 0.25) is 0 Å². The molecule has 0 spiro atoms. The van der Waals surface area contributed by atoms with Gasteiger partial charge in [0.25, 0.3) is 0 Å². The molecule has 132 valence electrons. The van der Waals surface area contributed by atoms with Crippen molar-refractivity contribution in [2.75, 3.05) is 0 Å². The molecule has 0 aromatic heterocycles. The molecule has 0 saturated heterocycles. The van der Waals surface area contributed by atoms with E-state index in [0.29, 0.717) is 11.1 Å². The molecule has 0 atom stereocenters. The van der Waals surface area contributed by atoms with Gasteiger partial charge < -0.3 is 19.3 Å². The summed E-state index contributed by atoms with van der Waals surface area (Å²) in [6, 6.07) is 7.28. The van der Waals surface area contributed by atoms with Crippen LogP contribution in [0.15, 0.2) is 46.2 Å². The smallest absolute Gasteiger partial charge is 0.744 e. The molecule has 0 radical (unpaired) electrons. The maximum absolute atomic E-state index is 10.5. The molecule has 0 aliphatic heterocycles. The van der Waals surface area contributed by atoms with Crippen molar-refractivity contribution in [1.82, 2.24) is 0 Å². The van der Waals surface area contributed by atoms with E-state index in [1.807, 2.05) is 0 Å². The molecule has 0 aliphatic carbocycles. The third kappa shape index (κ3) is 7.09. The van der Waals surface area contributed by atoms with Crippen molar-refractivity contribution in [3.8, 4) is 11.5 Å². The molecule has 2 N–H and O–H groups in total. The number of phenolic OH excluding ortho intramolecular Hbond substituents is 2. The molecule has 0 amide bonds. The van der Waals surface area contributed by atoms with Gasteiger partial charge in [-0.1, -0.05) is 12.1 Å². The van der Waals surface area contributed by atoms with Gasteiger partial charge in [0.1, 0.15) is 31.7 Å². The van der Waals surface area contributed by atoms with E-state index in [0.717, 1.165) is 12.1 Å². The van der Waals surface area contributed by atoms with Gasteiger partial charge in [-0.05, 0) is 49.2 Å². The Bertz CT molecular complexity index is 873. The Hall–Kier alpha value is -1.52. The van der Waals surface area contributed by atoms with Crippen LogP contribution in [0.1, 0.15) is 11.1 Å². The number of aryl methyl sites for hydroxylation is 2. The zero-order valence-corrected chi connectivity index (χ0v) is 17.9. The van der Waals surface area contributed by atoms with Crippen molar-refractivity contribution in [3.63, 3.8) is 0 Å². The minimum atomic E-state index is -4.47. The molecular formula is C14H14O8S2Zn. The van der Waals surface area contributed by atoms with E-state index in [2.05, 4.69) is 0 Å². The summed E-state index contributed by atoms with van der Waals surface area (Å²) >= 11 is 0. The van der Waals surface area contributed by atoms with Crippen LogP contribution in [0, 0.1) is 13.8 Å². The molecule has 2 aromatic rings. The monoisotopic (exact) mass is 438 g/mol. The summed E-state index contributed by atoms with van der Waals surface area (Å²) < 4.78 is 63.2. The fourth-order valence-corrected chi connectivity index (χ4v) is 3.17. The molecule has 0 fully saturated rings. The zero-order valence-electron chi connectivity index (χ0n) is 13.3. The summed E-state index contributed by atoms with van der Waals surface area (Å²) in [5.41, 5.74) is 0.672. The Morgan fingerprint density at radius 2 is 1.00 bits per heavy atom. The second-order valence-electron chi connectivity index (χ2n) is 4.81. The molecule has 0 saturated carbocycles. The van der Waals surface area contributed by atoms with E-state index in [9.17, 15) is 25.9 Å². The summed E-state index contributed by atoms with van der Waals surface area (Å²) in [6.07, 6.45) is 0. The molecule has 8 nitrogen and oxygen atoms in total. The summed E-state index contributed by atoms with van der Waals surface area (Å²) in [7, 11) is -8.93. The number of hydrogen-bond acceptors (Lipinski definition) is 8. The molecule has 0 aliphatic rings. The van der Waals surface area contributed by atoms with Crippen LogP contribution >= 0.6 is 0 Å². The molecule has 25 heavy (non-hydrogen) atoms. The summed E-state index contributed by atoms with van der Waals surface area (Å²) in [5.74, 6) is -0.454. The van der Waals surface area contributed by atoms with Gasteiger partial charge >= 0.3 is 19.5 Å². The molecule has 2 rings (SSSR count). The van der Waals surface area contributed by atoms with E-state index in [1.165, 1.54) is 38.1 Å². The van der Waals surface area contributed by atoms with Crippen molar-refractivity contribution < 1.29 is 55.6 Å². The molecule has 2 aromatic carbocycles. The van der Waals surface area contributed by atoms with Crippen LogP contribution in [0.4, 0.5) is 0 Å². The Morgan fingerprint density at radius 3 is 1.20 bits per heavy atom. The fourth-order valence-electron chi connectivity index (χ4n) is 1.72. The van der Waals surface area contributed by atoms with Gasteiger partial charge in [-0.2, -0.15) is 0 Å². The van der Waals surface area contributed by atoms with Crippen LogP contribution in [0.25, 0.3) is 0 Å². The van der Waals surface area contributed by atoms with E-state index in [1.54, 1.807) is 0 Å². The Morgan fingerprint density at radius 1 is 0.720 bits per heavy atom. The first-order valence-corrected chi connectivity index (χ1v) is 9.15. The minimum absolute atomic E-state index is 0. The van der Waals surface area contributed by atoms with Crippen molar-refractivity contribution in [2.45, 2.75) is 23.6 Å². The van der Waals surface area contributed by atoms with E-state index >= 15 is 0 Å². The predicted octanol–water partition coefficient (Wildman–Crippen LogP) is 1.21. The minimum Gasteiger partial charge on any atom is -0.744 e. The topological polar surface area (TPSA) is 155 Å². The zero-order chi connectivity index (χ0) is 18.7. The van der Waals surface area contributed by atoms with Crippen molar-refractivity contribution >= 4 is 20.2 Å². The Balaban J connectivity index is 0.000000443. The summed E-state index contributed by atoms with van der Waals surface area (Å²) in [5, 5.41) is 17.8. The van der Waals surface area contributed by atoms with Crippen molar-refractivity contribution in [2.24, 2.45) is 0 Å². The van der Waals surface area contributed by atoms with Crippen LogP contribution in [-0.2, 0) is 39.7 Å². The number of hydrogen-bond donors (Lipinski definition) is 2. The average molecular weight is 440 g/mol. The van der Waals surface area contributed by atoms with Crippen LogP contribution in [0.3, 0.4) is 0 Å².